The van der Waals surface area contributed by atoms with Crippen molar-refractivity contribution in [3.63, 3.8) is 0 Å². The minimum atomic E-state index is -0.292. The molecule has 0 radical (unpaired) electrons. The van der Waals surface area contributed by atoms with Gasteiger partial charge in [0.25, 0.3) is 5.91 Å². The maximum absolute atomic E-state index is 12.9. The van der Waals surface area contributed by atoms with E-state index in [9.17, 15) is 9.90 Å². The highest BCUT2D eigenvalue weighted by Gasteiger charge is 2.56. The highest BCUT2D eigenvalue weighted by molar-refractivity contribution is 6.06. The lowest BCUT2D eigenvalue weighted by molar-refractivity contribution is -0.207. The number of amides is 1. The number of fused-ring (bicyclic) bond motifs is 1. The Hall–Kier alpha value is -1.85. The molecule has 0 unspecified atom stereocenters. The summed E-state index contributed by atoms with van der Waals surface area (Å²) in [5, 5.41) is 11.3. The third-order valence-corrected chi connectivity index (χ3v) is 5.91. The van der Waals surface area contributed by atoms with Crippen LogP contribution in [0.25, 0.3) is 10.9 Å². The van der Waals surface area contributed by atoms with Crippen LogP contribution in [-0.2, 0) is 4.74 Å². The van der Waals surface area contributed by atoms with Gasteiger partial charge in [-0.3, -0.25) is 4.79 Å². The van der Waals surface area contributed by atoms with Gasteiger partial charge in [0, 0.05) is 48.6 Å². The van der Waals surface area contributed by atoms with Gasteiger partial charge in [0.2, 0.25) is 0 Å². The zero-order valence-electron chi connectivity index (χ0n) is 14.0. The number of aromatic amines is 1. The molecule has 128 valence electrons. The Labute approximate surface area is 141 Å². The number of nitrogens with zero attached hydrogens (tertiary/aromatic N) is 1. The van der Waals surface area contributed by atoms with E-state index in [1.54, 1.807) is 6.20 Å². The minimum Gasteiger partial charge on any atom is -0.392 e. The van der Waals surface area contributed by atoms with Gasteiger partial charge in [-0.15, -0.1) is 0 Å². The van der Waals surface area contributed by atoms with E-state index < -0.39 is 0 Å². The molecule has 1 aliphatic heterocycles. The largest absolute Gasteiger partial charge is 0.392 e. The molecule has 1 aromatic carbocycles. The van der Waals surface area contributed by atoms with E-state index in [0.29, 0.717) is 19.7 Å². The van der Waals surface area contributed by atoms with Gasteiger partial charge in [-0.1, -0.05) is 18.2 Å². The molecule has 1 saturated carbocycles. The first kappa shape index (κ1) is 15.7. The molecule has 5 heteroatoms. The molecule has 2 N–H and O–H groups in total. The van der Waals surface area contributed by atoms with Crippen LogP contribution < -0.4 is 0 Å². The van der Waals surface area contributed by atoms with Gasteiger partial charge in [-0.25, -0.2) is 0 Å². The number of aromatic nitrogens is 1. The van der Waals surface area contributed by atoms with E-state index in [4.69, 9.17) is 4.74 Å². The summed E-state index contributed by atoms with van der Waals surface area (Å²) in [4.78, 5) is 18.0. The molecule has 1 saturated heterocycles. The number of piperidine rings is 1. The fourth-order valence-corrected chi connectivity index (χ4v) is 4.36. The molecule has 4 rings (SSSR count). The second kappa shape index (κ2) is 5.90. The number of nitrogens with one attached hydrogen (secondary N) is 1. The van der Waals surface area contributed by atoms with Crippen LogP contribution in [0.15, 0.2) is 30.5 Å². The molecule has 2 atom stereocenters. The van der Waals surface area contributed by atoms with Crippen molar-refractivity contribution in [3.05, 3.63) is 36.0 Å². The average molecular weight is 328 g/mol. The van der Waals surface area contributed by atoms with Crippen molar-refractivity contribution < 1.29 is 14.6 Å². The number of H-pyrrole nitrogens is 1. The maximum Gasteiger partial charge on any atom is 0.256 e. The standard InChI is InChI=1S/C19H24N2O3/c1-2-24-17-11-16(22)19(17)7-9-21(10-8-19)18(23)14-12-20-15-6-4-3-5-13(14)15/h3-6,12,16-17,20,22H,2,7-11H2,1H3/t16-,17+/m1/s1. The van der Waals surface area contributed by atoms with Crippen molar-refractivity contribution in [1.29, 1.82) is 0 Å². The lowest BCUT2D eigenvalue weighted by Crippen LogP contribution is -2.62. The van der Waals surface area contributed by atoms with Crippen LogP contribution in [0.4, 0.5) is 0 Å². The van der Waals surface area contributed by atoms with Crippen LogP contribution in [-0.4, -0.2) is 52.8 Å². The Balaban J connectivity index is 1.49. The van der Waals surface area contributed by atoms with Crippen LogP contribution in [0, 0.1) is 5.41 Å². The Bertz CT molecular complexity index is 744. The fourth-order valence-electron chi connectivity index (χ4n) is 4.36. The summed E-state index contributed by atoms with van der Waals surface area (Å²) in [6.07, 6.45) is 4.00. The van der Waals surface area contributed by atoms with Crippen molar-refractivity contribution in [2.24, 2.45) is 5.41 Å². The first-order valence-electron chi connectivity index (χ1n) is 8.81. The van der Waals surface area contributed by atoms with Crippen molar-refractivity contribution in [3.8, 4) is 0 Å². The summed E-state index contributed by atoms with van der Waals surface area (Å²) >= 11 is 0. The van der Waals surface area contributed by atoms with Crippen LogP contribution >= 0.6 is 0 Å². The van der Waals surface area contributed by atoms with Gasteiger partial charge >= 0.3 is 0 Å². The fraction of sp³-hybridized carbons (Fsp3) is 0.526. The van der Waals surface area contributed by atoms with Crippen LogP contribution in [0.5, 0.6) is 0 Å². The smallest absolute Gasteiger partial charge is 0.256 e. The zero-order valence-corrected chi connectivity index (χ0v) is 14.0. The van der Waals surface area contributed by atoms with Crippen LogP contribution in [0.3, 0.4) is 0 Å². The predicted octanol–water partition coefficient (Wildman–Crippen LogP) is 2.56. The van der Waals surface area contributed by atoms with Gasteiger partial charge in [-0.05, 0) is 25.8 Å². The number of carbonyl (C=O) groups is 1. The monoisotopic (exact) mass is 328 g/mol. The molecule has 0 bridgehead atoms. The number of para-hydroxylation sites is 1. The molecule has 24 heavy (non-hydrogen) atoms. The quantitative estimate of drug-likeness (QED) is 0.910. The first-order valence-corrected chi connectivity index (χ1v) is 8.81. The van der Waals surface area contributed by atoms with Gasteiger partial charge in [0.05, 0.1) is 17.8 Å². The minimum absolute atomic E-state index is 0.0732. The maximum atomic E-state index is 12.9. The predicted molar refractivity (Wildman–Crippen MR) is 91.9 cm³/mol. The normalized spacial score (nSPS) is 25.8. The lowest BCUT2D eigenvalue weighted by Gasteiger charge is -2.56. The van der Waals surface area contributed by atoms with Crippen LogP contribution in [0.1, 0.15) is 36.5 Å². The van der Waals surface area contributed by atoms with Gasteiger partial charge in [0.15, 0.2) is 0 Å². The summed E-state index contributed by atoms with van der Waals surface area (Å²) in [5.74, 6) is 0.0732. The lowest BCUT2D eigenvalue weighted by atomic mass is 9.58. The van der Waals surface area contributed by atoms with Crippen molar-refractivity contribution >= 4 is 16.8 Å². The van der Waals surface area contributed by atoms with Crippen molar-refractivity contribution in [1.82, 2.24) is 9.88 Å². The van der Waals surface area contributed by atoms with E-state index in [1.165, 1.54) is 0 Å². The van der Waals surface area contributed by atoms with E-state index in [0.717, 1.165) is 35.7 Å². The number of likely N-dealkylation sites (tertiary alicyclic amines) is 1. The topological polar surface area (TPSA) is 65.6 Å². The number of rotatable bonds is 3. The average Bonchev–Trinajstić information content (AvgIpc) is 3.05. The second-order valence-corrected chi connectivity index (χ2v) is 6.97. The number of hydrogen-bond acceptors (Lipinski definition) is 3. The number of hydrogen-bond donors (Lipinski definition) is 2. The van der Waals surface area contributed by atoms with E-state index in [-0.39, 0.29) is 23.5 Å². The second-order valence-electron chi connectivity index (χ2n) is 6.97. The Morgan fingerprint density at radius 3 is 2.83 bits per heavy atom. The molecule has 5 nitrogen and oxygen atoms in total. The van der Waals surface area contributed by atoms with E-state index in [2.05, 4.69) is 4.98 Å². The van der Waals surface area contributed by atoms with Gasteiger partial charge in [-0.2, -0.15) is 0 Å². The SMILES string of the molecule is CCO[C@H]1C[C@@H](O)C12CCN(C(=O)c1c[nH]c3ccccc13)CC2. The number of carbonyl (C=O) groups excluding carboxylic acids is 1. The molecule has 1 spiro atoms. The van der Waals surface area contributed by atoms with E-state index in [1.807, 2.05) is 36.1 Å². The number of aliphatic hydroxyl groups is 1. The highest BCUT2D eigenvalue weighted by atomic mass is 16.5. The van der Waals surface area contributed by atoms with Crippen molar-refractivity contribution in [2.75, 3.05) is 19.7 Å². The Kier molecular flexibility index (Phi) is 3.85. The van der Waals surface area contributed by atoms with Gasteiger partial charge < -0.3 is 19.7 Å². The number of ether oxygens (including phenoxy) is 1. The molecule has 1 aromatic heterocycles. The summed E-state index contributed by atoms with van der Waals surface area (Å²) in [6, 6.07) is 7.87. The number of aliphatic hydroxyl groups excluding tert-OH is 1. The molecule has 2 aliphatic rings. The third kappa shape index (κ3) is 2.26. The third-order valence-electron chi connectivity index (χ3n) is 5.91. The zero-order chi connectivity index (χ0) is 16.7. The molecule has 2 fully saturated rings. The Morgan fingerprint density at radius 1 is 1.38 bits per heavy atom. The molecule has 1 amide bonds. The molecule has 2 aromatic rings. The summed E-state index contributed by atoms with van der Waals surface area (Å²) in [7, 11) is 0. The van der Waals surface area contributed by atoms with E-state index >= 15 is 0 Å². The van der Waals surface area contributed by atoms with Crippen molar-refractivity contribution in [2.45, 2.75) is 38.4 Å². The van der Waals surface area contributed by atoms with Gasteiger partial charge in [0.1, 0.15) is 0 Å². The summed E-state index contributed by atoms with van der Waals surface area (Å²) in [6.45, 7) is 4.03. The summed E-state index contributed by atoms with van der Waals surface area (Å²) in [5.41, 5.74) is 1.57. The molecular weight excluding hydrogens is 304 g/mol. The number of benzene rings is 1. The molecule has 1 aliphatic carbocycles. The van der Waals surface area contributed by atoms with Crippen LogP contribution in [0.2, 0.25) is 0 Å². The molecular formula is C19H24N2O3. The Morgan fingerprint density at radius 2 is 2.12 bits per heavy atom. The molecule has 2 heterocycles. The summed E-state index contributed by atoms with van der Waals surface area (Å²) < 4.78 is 5.80. The first-order chi connectivity index (χ1) is 11.7. The highest BCUT2D eigenvalue weighted by Crippen LogP contribution is 2.51.